The summed E-state index contributed by atoms with van der Waals surface area (Å²) in [5, 5.41) is 11.1. The molecule has 0 atom stereocenters. The third-order valence-corrected chi connectivity index (χ3v) is 4.36. The van der Waals surface area contributed by atoms with E-state index in [-0.39, 0.29) is 11.7 Å². The van der Waals surface area contributed by atoms with Gasteiger partial charge in [-0.05, 0) is 12.1 Å². The number of hydrogen-bond donors (Lipinski definition) is 1. The van der Waals surface area contributed by atoms with Crippen molar-refractivity contribution in [2.45, 2.75) is 12.7 Å². The molecule has 0 radical (unpaired) electrons. The fourth-order valence-electron chi connectivity index (χ4n) is 1.57. The molecule has 0 saturated heterocycles. The summed E-state index contributed by atoms with van der Waals surface area (Å²) < 4.78 is 37.3. The second kappa shape index (κ2) is 5.97. The topological polar surface area (TPSA) is 63.6 Å². The Labute approximate surface area is 130 Å². The smallest absolute Gasteiger partial charge is 0.354 e. The minimum atomic E-state index is -4.47. The lowest BCUT2D eigenvalue weighted by atomic mass is 10.4. The highest BCUT2D eigenvalue weighted by atomic mass is 32.1. The third-order valence-electron chi connectivity index (χ3n) is 2.52. The number of pyridine rings is 1. The minimum Gasteiger partial charge on any atom is -0.354 e. The zero-order valence-electron chi connectivity index (χ0n) is 10.8. The molecule has 3 aromatic rings. The van der Waals surface area contributed by atoms with Gasteiger partial charge < -0.3 is 5.32 Å². The lowest BCUT2D eigenvalue weighted by Crippen LogP contribution is -2.03. The summed E-state index contributed by atoms with van der Waals surface area (Å²) >= 11 is 1.89. The van der Waals surface area contributed by atoms with Crippen LogP contribution in [0.5, 0.6) is 0 Å². The number of alkyl halides is 3. The molecule has 0 unspecified atom stereocenters. The standard InChI is InChI=1S/C12H8F3N5S2/c13-12(14,15)10-19-20-11(22-10)17-5-7-6-21-9(18-7)8-3-1-2-4-16-8/h1-4,6H,5H2,(H,17,20). The highest BCUT2D eigenvalue weighted by molar-refractivity contribution is 7.15. The molecule has 10 heteroatoms. The Kier molecular flexibility index (Phi) is 4.03. The van der Waals surface area contributed by atoms with E-state index < -0.39 is 11.2 Å². The number of anilines is 1. The molecular formula is C12H8F3N5S2. The Morgan fingerprint density at radius 2 is 2.05 bits per heavy atom. The van der Waals surface area contributed by atoms with Gasteiger partial charge in [-0.3, -0.25) is 4.98 Å². The summed E-state index contributed by atoms with van der Waals surface area (Å²) in [7, 11) is 0. The Morgan fingerprint density at radius 3 is 2.73 bits per heavy atom. The lowest BCUT2D eigenvalue weighted by Gasteiger charge is -1.99. The summed E-state index contributed by atoms with van der Waals surface area (Å²) in [4.78, 5) is 8.57. The van der Waals surface area contributed by atoms with Gasteiger partial charge in [0.1, 0.15) is 5.01 Å². The van der Waals surface area contributed by atoms with Gasteiger partial charge in [0.15, 0.2) is 0 Å². The molecule has 0 amide bonds. The quantitative estimate of drug-likeness (QED) is 0.783. The predicted octanol–water partition coefficient (Wildman–Crippen LogP) is 3.69. The molecule has 0 aliphatic heterocycles. The van der Waals surface area contributed by atoms with E-state index in [2.05, 4.69) is 25.5 Å². The fraction of sp³-hybridized carbons (Fsp3) is 0.167. The molecular weight excluding hydrogens is 335 g/mol. The summed E-state index contributed by atoms with van der Waals surface area (Å²) in [5.41, 5.74) is 1.46. The van der Waals surface area contributed by atoms with Crippen LogP contribution in [0.15, 0.2) is 29.8 Å². The van der Waals surface area contributed by atoms with Gasteiger partial charge in [0.25, 0.3) is 0 Å². The number of rotatable bonds is 4. The van der Waals surface area contributed by atoms with Gasteiger partial charge in [-0.1, -0.05) is 17.4 Å². The van der Waals surface area contributed by atoms with Crippen molar-refractivity contribution in [3.05, 3.63) is 40.5 Å². The highest BCUT2D eigenvalue weighted by Gasteiger charge is 2.35. The van der Waals surface area contributed by atoms with Crippen molar-refractivity contribution in [3.63, 3.8) is 0 Å². The fourth-order valence-corrected chi connectivity index (χ4v) is 2.97. The molecule has 22 heavy (non-hydrogen) atoms. The number of nitrogens with zero attached hydrogens (tertiary/aromatic N) is 4. The number of aromatic nitrogens is 4. The monoisotopic (exact) mass is 343 g/mol. The molecule has 0 aliphatic carbocycles. The molecule has 0 aromatic carbocycles. The zero-order valence-corrected chi connectivity index (χ0v) is 12.5. The van der Waals surface area contributed by atoms with Crippen LogP contribution in [0.3, 0.4) is 0 Å². The number of halogens is 3. The number of thiazole rings is 1. The largest absolute Gasteiger partial charge is 0.445 e. The van der Waals surface area contributed by atoms with E-state index in [1.54, 1.807) is 6.20 Å². The van der Waals surface area contributed by atoms with Crippen molar-refractivity contribution >= 4 is 27.8 Å². The average molecular weight is 343 g/mol. The van der Waals surface area contributed by atoms with Gasteiger partial charge in [0.05, 0.1) is 17.9 Å². The molecule has 0 saturated carbocycles. The van der Waals surface area contributed by atoms with Crippen LogP contribution in [0, 0.1) is 0 Å². The SMILES string of the molecule is FC(F)(F)c1nnc(NCc2csc(-c3ccccn3)n2)s1. The summed E-state index contributed by atoms with van der Waals surface area (Å²) in [6.45, 7) is 0.274. The lowest BCUT2D eigenvalue weighted by molar-refractivity contribution is -0.138. The van der Waals surface area contributed by atoms with Gasteiger partial charge in [0, 0.05) is 11.6 Å². The molecule has 0 spiro atoms. The Morgan fingerprint density at radius 1 is 1.18 bits per heavy atom. The molecule has 0 fully saturated rings. The Bertz CT molecular complexity index is 753. The van der Waals surface area contributed by atoms with Crippen molar-refractivity contribution in [3.8, 4) is 10.7 Å². The van der Waals surface area contributed by atoms with Gasteiger partial charge >= 0.3 is 6.18 Å². The molecule has 3 aromatic heterocycles. The maximum atomic E-state index is 12.4. The van der Waals surface area contributed by atoms with Crippen molar-refractivity contribution in [1.82, 2.24) is 20.2 Å². The van der Waals surface area contributed by atoms with Crippen LogP contribution in [0.2, 0.25) is 0 Å². The van der Waals surface area contributed by atoms with Crippen LogP contribution in [-0.2, 0) is 12.7 Å². The van der Waals surface area contributed by atoms with Gasteiger partial charge in [-0.25, -0.2) is 4.98 Å². The van der Waals surface area contributed by atoms with Crippen LogP contribution in [-0.4, -0.2) is 20.2 Å². The van der Waals surface area contributed by atoms with E-state index >= 15 is 0 Å². The first kappa shape index (κ1) is 14.9. The maximum absolute atomic E-state index is 12.4. The molecule has 5 nitrogen and oxygen atoms in total. The Hall–Kier alpha value is -2.07. The van der Waals surface area contributed by atoms with E-state index in [1.807, 2.05) is 23.6 Å². The van der Waals surface area contributed by atoms with Crippen LogP contribution in [0.1, 0.15) is 10.7 Å². The zero-order chi connectivity index (χ0) is 15.6. The van der Waals surface area contributed by atoms with Crippen molar-refractivity contribution < 1.29 is 13.2 Å². The number of hydrogen-bond acceptors (Lipinski definition) is 7. The predicted molar refractivity (Wildman–Crippen MR) is 77.6 cm³/mol. The first-order chi connectivity index (χ1) is 10.5. The van der Waals surface area contributed by atoms with Crippen molar-refractivity contribution in [2.75, 3.05) is 5.32 Å². The van der Waals surface area contributed by atoms with E-state index in [1.165, 1.54) is 11.3 Å². The first-order valence-corrected chi connectivity index (χ1v) is 7.72. The molecule has 3 heterocycles. The molecule has 0 bridgehead atoms. The van der Waals surface area contributed by atoms with Crippen LogP contribution in [0.4, 0.5) is 18.3 Å². The van der Waals surface area contributed by atoms with Crippen LogP contribution in [0.25, 0.3) is 10.7 Å². The highest BCUT2D eigenvalue weighted by Crippen LogP contribution is 2.33. The Balaban J connectivity index is 1.65. The van der Waals surface area contributed by atoms with E-state index in [0.717, 1.165) is 10.7 Å². The minimum absolute atomic E-state index is 0.111. The third kappa shape index (κ3) is 3.39. The maximum Gasteiger partial charge on any atom is 0.445 e. The van der Waals surface area contributed by atoms with E-state index in [9.17, 15) is 13.2 Å². The van der Waals surface area contributed by atoms with Crippen LogP contribution >= 0.6 is 22.7 Å². The van der Waals surface area contributed by atoms with E-state index in [0.29, 0.717) is 17.0 Å². The van der Waals surface area contributed by atoms with Gasteiger partial charge in [-0.15, -0.1) is 21.5 Å². The van der Waals surface area contributed by atoms with Gasteiger partial charge in [-0.2, -0.15) is 13.2 Å². The van der Waals surface area contributed by atoms with E-state index in [4.69, 9.17) is 0 Å². The molecule has 3 rings (SSSR count). The normalized spacial score (nSPS) is 11.6. The average Bonchev–Trinajstić information content (AvgIpc) is 3.15. The van der Waals surface area contributed by atoms with Crippen molar-refractivity contribution in [1.29, 1.82) is 0 Å². The second-order valence-corrected chi connectivity index (χ2v) is 5.96. The summed E-state index contributed by atoms with van der Waals surface area (Å²) in [6, 6.07) is 5.52. The molecule has 0 aliphatic rings. The number of nitrogens with one attached hydrogen (secondary N) is 1. The van der Waals surface area contributed by atoms with Crippen molar-refractivity contribution in [2.24, 2.45) is 0 Å². The summed E-state index contributed by atoms with van der Waals surface area (Å²) in [6.07, 6.45) is -2.79. The van der Waals surface area contributed by atoms with Gasteiger partial charge in [0.2, 0.25) is 10.1 Å². The molecule has 114 valence electrons. The summed E-state index contributed by atoms with van der Waals surface area (Å²) in [5.74, 6) is 0. The van der Waals surface area contributed by atoms with Crippen LogP contribution < -0.4 is 5.32 Å². The first-order valence-electron chi connectivity index (χ1n) is 6.03. The molecule has 1 N–H and O–H groups in total. The second-order valence-electron chi connectivity index (χ2n) is 4.12.